The van der Waals surface area contributed by atoms with Gasteiger partial charge in [0.1, 0.15) is 5.69 Å². The van der Waals surface area contributed by atoms with Crippen molar-refractivity contribution in [3.8, 4) is 0 Å². The molecule has 0 aliphatic heterocycles. The summed E-state index contributed by atoms with van der Waals surface area (Å²) in [5.41, 5.74) is 1.51. The number of rotatable bonds is 6. The summed E-state index contributed by atoms with van der Waals surface area (Å²) < 4.78 is 5.26. The zero-order valence-corrected chi connectivity index (χ0v) is 13.8. The number of carbonyl (C=O) groups excluding carboxylic acids is 1. The molecule has 22 heavy (non-hydrogen) atoms. The van der Waals surface area contributed by atoms with Gasteiger partial charge in [-0.25, -0.2) is 4.79 Å². The number of benzene rings is 1. The fraction of sp³-hybridized carbons (Fsp3) is 0.529. The van der Waals surface area contributed by atoms with Crippen LogP contribution in [0.2, 0.25) is 0 Å². The van der Waals surface area contributed by atoms with Crippen molar-refractivity contribution < 1.29 is 9.32 Å². The van der Waals surface area contributed by atoms with Crippen LogP contribution in [0.1, 0.15) is 33.4 Å². The molecule has 0 radical (unpaired) electrons. The molecule has 0 spiro atoms. The Morgan fingerprint density at radius 3 is 2.45 bits per heavy atom. The highest BCUT2D eigenvalue weighted by Crippen LogP contribution is 2.17. The van der Waals surface area contributed by atoms with Gasteiger partial charge in [-0.05, 0) is 24.0 Å². The van der Waals surface area contributed by atoms with Crippen LogP contribution in [0.3, 0.4) is 0 Å². The molecular weight excluding hydrogens is 278 g/mol. The zero-order chi connectivity index (χ0) is 16.1. The summed E-state index contributed by atoms with van der Waals surface area (Å²) >= 11 is 0. The Labute approximate surface area is 131 Å². The molecule has 0 saturated heterocycles. The average molecular weight is 303 g/mol. The Bertz CT molecular complexity index is 609. The van der Waals surface area contributed by atoms with Crippen LogP contribution < -0.4 is 5.32 Å². The minimum Gasteiger partial charge on any atom is -0.356 e. The molecule has 5 heteroatoms. The summed E-state index contributed by atoms with van der Waals surface area (Å²) in [6, 6.07) is 7.62. The van der Waals surface area contributed by atoms with Crippen molar-refractivity contribution in [2.45, 2.75) is 34.2 Å². The molecule has 1 aromatic heterocycles. The molecule has 0 saturated carbocycles. The van der Waals surface area contributed by atoms with Crippen LogP contribution in [0.4, 0.5) is 4.79 Å². The number of para-hydroxylation sites is 1. The zero-order valence-electron chi connectivity index (χ0n) is 13.8. The second-order valence-electron chi connectivity index (χ2n) is 6.48. The molecule has 2 rings (SSSR count). The summed E-state index contributed by atoms with van der Waals surface area (Å²) in [7, 11) is 0. The lowest BCUT2D eigenvalue weighted by molar-refractivity contribution is 0.182. The van der Waals surface area contributed by atoms with Gasteiger partial charge in [-0.1, -0.05) is 45.0 Å². The quantitative estimate of drug-likeness (QED) is 0.886. The molecule has 0 aliphatic carbocycles. The van der Waals surface area contributed by atoms with Gasteiger partial charge in [0.2, 0.25) is 0 Å². The molecule has 2 aromatic rings. The second kappa shape index (κ2) is 7.29. The Morgan fingerprint density at radius 2 is 1.82 bits per heavy atom. The predicted octanol–water partition coefficient (Wildman–Crippen LogP) is 3.65. The van der Waals surface area contributed by atoms with E-state index in [4.69, 9.17) is 4.52 Å². The molecule has 2 amide bonds. The van der Waals surface area contributed by atoms with Crippen LogP contribution in [0.25, 0.3) is 11.0 Å². The van der Waals surface area contributed by atoms with Gasteiger partial charge < -0.3 is 14.7 Å². The molecule has 120 valence electrons. The third-order valence-electron chi connectivity index (χ3n) is 3.32. The number of aromatic nitrogens is 1. The van der Waals surface area contributed by atoms with Crippen molar-refractivity contribution in [2.24, 2.45) is 11.8 Å². The van der Waals surface area contributed by atoms with Gasteiger partial charge in [-0.3, -0.25) is 0 Å². The molecule has 1 heterocycles. The van der Waals surface area contributed by atoms with Crippen molar-refractivity contribution in [3.05, 3.63) is 30.0 Å². The first-order chi connectivity index (χ1) is 10.5. The number of hydrogen-bond acceptors (Lipinski definition) is 3. The summed E-state index contributed by atoms with van der Waals surface area (Å²) in [4.78, 5) is 14.3. The van der Waals surface area contributed by atoms with E-state index >= 15 is 0 Å². The largest absolute Gasteiger partial charge is 0.356 e. The van der Waals surface area contributed by atoms with Crippen LogP contribution in [0, 0.1) is 11.8 Å². The topological polar surface area (TPSA) is 58.4 Å². The lowest BCUT2D eigenvalue weighted by Gasteiger charge is -2.26. The Hall–Kier alpha value is -2.04. The summed E-state index contributed by atoms with van der Waals surface area (Å²) in [6.45, 7) is 10.4. The van der Waals surface area contributed by atoms with E-state index in [0.29, 0.717) is 18.4 Å². The van der Waals surface area contributed by atoms with E-state index in [1.54, 1.807) is 0 Å². The maximum atomic E-state index is 12.4. The number of urea groups is 1. The van der Waals surface area contributed by atoms with Gasteiger partial charge in [-0.15, -0.1) is 0 Å². The van der Waals surface area contributed by atoms with Gasteiger partial charge in [0.25, 0.3) is 0 Å². The number of nitrogens with one attached hydrogen (secondary N) is 1. The van der Waals surface area contributed by atoms with E-state index in [-0.39, 0.29) is 6.03 Å². The monoisotopic (exact) mass is 303 g/mol. The van der Waals surface area contributed by atoms with Crippen molar-refractivity contribution in [1.82, 2.24) is 15.4 Å². The molecule has 5 nitrogen and oxygen atoms in total. The van der Waals surface area contributed by atoms with Crippen LogP contribution in [0.5, 0.6) is 0 Å². The molecule has 0 atom stereocenters. The van der Waals surface area contributed by atoms with Crippen LogP contribution in [-0.2, 0) is 6.54 Å². The van der Waals surface area contributed by atoms with E-state index in [9.17, 15) is 4.79 Å². The van der Waals surface area contributed by atoms with Gasteiger partial charge >= 0.3 is 6.03 Å². The smallest absolute Gasteiger partial charge is 0.317 e. The summed E-state index contributed by atoms with van der Waals surface area (Å²) in [6.07, 6.45) is 0. The highest BCUT2D eigenvalue weighted by molar-refractivity contribution is 5.80. The molecule has 1 aromatic carbocycles. The van der Waals surface area contributed by atoms with Crippen molar-refractivity contribution in [2.75, 3.05) is 13.1 Å². The van der Waals surface area contributed by atoms with Gasteiger partial charge in [0, 0.05) is 18.5 Å². The van der Waals surface area contributed by atoms with E-state index < -0.39 is 0 Å². The molecule has 0 unspecified atom stereocenters. The first-order valence-electron chi connectivity index (χ1n) is 7.83. The summed E-state index contributed by atoms with van der Waals surface area (Å²) in [5.74, 6) is 0.884. The lowest BCUT2D eigenvalue weighted by Crippen LogP contribution is -2.43. The fourth-order valence-electron chi connectivity index (χ4n) is 2.46. The fourth-order valence-corrected chi connectivity index (χ4v) is 2.46. The molecule has 0 aliphatic rings. The van der Waals surface area contributed by atoms with Crippen molar-refractivity contribution in [3.63, 3.8) is 0 Å². The predicted molar refractivity (Wildman–Crippen MR) is 87.5 cm³/mol. The van der Waals surface area contributed by atoms with E-state index in [2.05, 4.69) is 38.2 Å². The lowest BCUT2D eigenvalue weighted by atomic mass is 10.1. The van der Waals surface area contributed by atoms with Crippen LogP contribution >= 0.6 is 0 Å². The Balaban J connectivity index is 2.00. The highest BCUT2D eigenvalue weighted by atomic mass is 16.5. The molecule has 0 bridgehead atoms. The number of carbonyl (C=O) groups is 1. The SMILES string of the molecule is CC(C)CN(CC(C)C)C(=O)NCc1noc2ccccc12. The van der Waals surface area contributed by atoms with E-state index in [1.807, 2.05) is 29.2 Å². The first kappa shape index (κ1) is 16.3. The van der Waals surface area contributed by atoms with Crippen LogP contribution in [-0.4, -0.2) is 29.2 Å². The van der Waals surface area contributed by atoms with E-state index in [0.717, 1.165) is 29.8 Å². The van der Waals surface area contributed by atoms with Gasteiger partial charge in [-0.2, -0.15) is 0 Å². The number of hydrogen-bond donors (Lipinski definition) is 1. The third kappa shape index (κ3) is 4.23. The Morgan fingerprint density at radius 1 is 1.18 bits per heavy atom. The standard InChI is InChI=1S/C17H25N3O2/c1-12(2)10-20(11-13(3)4)17(21)18-9-15-14-7-5-6-8-16(14)22-19-15/h5-8,12-13H,9-11H2,1-4H3,(H,18,21). The second-order valence-corrected chi connectivity index (χ2v) is 6.48. The van der Waals surface area contributed by atoms with E-state index in [1.165, 1.54) is 0 Å². The highest BCUT2D eigenvalue weighted by Gasteiger charge is 2.17. The third-order valence-corrected chi connectivity index (χ3v) is 3.32. The number of nitrogens with zero attached hydrogens (tertiary/aromatic N) is 2. The average Bonchev–Trinajstić information content (AvgIpc) is 2.86. The van der Waals surface area contributed by atoms with Gasteiger partial charge in [0.15, 0.2) is 5.58 Å². The number of fused-ring (bicyclic) bond motifs is 1. The number of amides is 2. The normalized spacial score (nSPS) is 11.4. The minimum atomic E-state index is -0.0468. The Kier molecular flexibility index (Phi) is 5.41. The van der Waals surface area contributed by atoms with Crippen LogP contribution in [0.15, 0.2) is 28.8 Å². The maximum Gasteiger partial charge on any atom is 0.317 e. The molecular formula is C17H25N3O2. The van der Waals surface area contributed by atoms with Crippen molar-refractivity contribution >= 4 is 17.0 Å². The minimum absolute atomic E-state index is 0.0468. The molecule has 0 fully saturated rings. The maximum absolute atomic E-state index is 12.4. The first-order valence-corrected chi connectivity index (χ1v) is 7.83. The van der Waals surface area contributed by atoms with Crippen molar-refractivity contribution in [1.29, 1.82) is 0 Å². The molecule has 1 N–H and O–H groups in total. The van der Waals surface area contributed by atoms with Gasteiger partial charge in [0.05, 0.1) is 6.54 Å². The summed E-state index contributed by atoms with van der Waals surface area (Å²) in [5, 5.41) is 7.94.